The van der Waals surface area contributed by atoms with E-state index in [9.17, 15) is 0 Å². The van der Waals surface area contributed by atoms with Crippen molar-refractivity contribution in [2.45, 2.75) is 158 Å². The Morgan fingerprint density at radius 2 is 0.429 bits per heavy atom. The maximum atomic E-state index is 2.56. The van der Waals surface area contributed by atoms with Gasteiger partial charge in [-0.1, -0.05) is 273 Å². The highest BCUT2D eigenvalue weighted by Crippen LogP contribution is 2.45. The molecule has 0 saturated heterocycles. The molecule has 6 heterocycles. The second kappa shape index (κ2) is 33.1. The summed E-state index contributed by atoms with van der Waals surface area (Å²) in [7, 11) is 0. The Bertz CT molecular complexity index is 8030. The standard InChI is InChI=1S/3C22H17N.3C18H19N/c1-2-23-20-14-12-15-7-3-5-9-17(15)21(20)19-13-11-16-8-4-6-10-18(16)22(19)23;1-2-23-19-13-11-15-7-3-5-9-17(15)21(19)22-18-10-6-4-8-16(18)12-14-20(22)23;1-2-23-20-12-11-15-7-5-6-10-18(15)22(20)19-13-16-8-3-4-9-17(16)14-21(19)23;1-2-19-17-10-6-5-9-15(17)16-11-13-7-3-4-8-14(13)12-18(16)19;1-2-19-17-10-6-5-9-15(17)16-12-11-13-7-3-4-8-14(13)18(16)19;1-2-19-16-10-6-5-9-15(16)18-14-8-4-3-7-13(14)11-12-17(18)19/h3*3-14H,2H2,1H3;3*3-4,7-8,11-12H,2,5-6,9-10H2,1H3. The number of fused-ring (bicyclic) bond motifs is 34. The molecule has 0 fully saturated rings. The summed E-state index contributed by atoms with van der Waals surface area (Å²) in [6, 6.07) is 120. The number of aryl methyl sites for hydroxylation is 9. The molecule has 0 bridgehead atoms. The Morgan fingerprint density at radius 3 is 0.865 bits per heavy atom. The van der Waals surface area contributed by atoms with Crippen LogP contribution in [0.4, 0.5) is 0 Å². The fourth-order valence-corrected chi connectivity index (χ4v) is 23.0. The third-order valence-electron chi connectivity index (χ3n) is 28.6. The number of benzene rings is 18. The lowest BCUT2D eigenvalue weighted by Gasteiger charge is -2.14. The predicted molar refractivity (Wildman–Crippen MR) is 546 cm³/mol. The highest BCUT2D eigenvalue weighted by atomic mass is 15.0. The number of hydrogen-bond donors (Lipinski definition) is 0. The zero-order chi connectivity index (χ0) is 84.6. The molecule has 6 aromatic heterocycles. The van der Waals surface area contributed by atoms with Crippen LogP contribution in [0.1, 0.15) is 114 Å². The van der Waals surface area contributed by atoms with Crippen LogP contribution in [0.2, 0.25) is 0 Å². The Kier molecular flexibility index (Phi) is 20.6. The van der Waals surface area contributed by atoms with E-state index in [2.05, 4.69) is 397 Å². The summed E-state index contributed by atoms with van der Waals surface area (Å²) in [6.45, 7) is 19.7. The van der Waals surface area contributed by atoms with Crippen LogP contribution in [-0.4, -0.2) is 27.4 Å². The first kappa shape index (κ1) is 78.3. The minimum Gasteiger partial charge on any atom is -0.345 e. The molecule has 0 radical (unpaired) electrons. The van der Waals surface area contributed by atoms with Gasteiger partial charge in [0.15, 0.2) is 0 Å². The SMILES string of the molecule is CCn1c2c(c3c4ccccc4ccc31)CCCC2.CCn1c2c(c3cc4ccccc4cc31)CCCC2.CCn1c2c(c3ccc4ccccc4c31)CCCC2.CCn1c2cc3ccccc3cc2c2c3ccccc3ccc21.CCn1c2ccc3ccccc3c2c2c3ccccc3ccc21.CCn1c2ccc3ccccc3c2c2ccc3ccccc3c21. The molecular formula is C120H108N6. The molecule has 0 N–H and O–H groups in total. The smallest absolute Gasteiger partial charge is 0.0571 e. The molecular weight excluding hydrogens is 1530 g/mol. The summed E-state index contributed by atoms with van der Waals surface area (Å²) in [4.78, 5) is 0. The summed E-state index contributed by atoms with van der Waals surface area (Å²) in [5.74, 6) is 0. The Labute approximate surface area is 736 Å². The Morgan fingerprint density at radius 1 is 0.167 bits per heavy atom. The van der Waals surface area contributed by atoms with Gasteiger partial charge in [0, 0.05) is 154 Å². The molecule has 0 saturated carbocycles. The first-order valence-corrected chi connectivity index (χ1v) is 46.8. The van der Waals surface area contributed by atoms with Gasteiger partial charge in [-0.3, -0.25) is 0 Å². The lowest BCUT2D eigenvalue weighted by Crippen LogP contribution is -2.07. The third kappa shape index (κ3) is 13.1. The largest absolute Gasteiger partial charge is 0.345 e. The van der Waals surface area contributed by atoms with Crippen LogP contribution < -0.4 is 0 Å². The summed E-state index contributed by atoms with van der Waals surface area (Å²) in [6.07, 6.45) is 15.6. The molecule has 0 aliphatic heterocycles. The predicted octanol–water partition coefficient (Wildman–Crippen LogP) is 32.4. The monoisotopic (exact) mass is 1630 g/mol. The fourth-order valence-electron chi connectivity index (χ4n) is 23.0. The van der Waals surface area contributed by atoms with E-state index in [1.54, 1.807) is 33.8 Å². The van der Waals surface area contributed by atoms with E-state index in [0.29, 0.717) is 0 Å². The molecule has 0 unspecified atom stereocenters. The molecule has 6 heteroatoms. The molecule has 3 aliphatic carbocycles. The van der Waals surface area contributed by atoms with Crippen LogP contribution in [0.3, 0.4) is 0 Å². The maximum absolute atomic E-state index is 2.56. The number of rotatable bonds is 6. The second-order valence-corrected chi connectivity index (χ2v) is 35.1. The number of nitrogens with zero attached hydrogens (tertiary/aromatic N) is 6. The van der Waals surface area contributed by atoms with Crippen molar-refractivity contribution in [3.05, 3.63) is 361 Å². The minimum absolute atomic E-state index is 0.979. The quantitative estimate of drug-likeness (QED) is 0.159. The third-order valence-corrected chi connectivity index (χ3v) is 28.6. The number of hydrogen-bond acceptors (Lipinski definition) is 0. The van der Waals surface area contributed by atoms with Crippen molar-refractivity contribution in [2.24, 2.45) is 0 Å². The zero-order valence-electron chi connectivity index (χ0n) is 73.6. The van der Waals surface area contributed by atoms with Gasteiger partial charge in [-0.2, -0.15) is 0 Å². The molecule has 126 heavy (non-hydrogen) atoms. The Hall–Kier alpha value is -13.7. The highest BCUT2D eigenvalue weighted by molar-refractivity contribution is 6.29. The van der Waals surface area contributed by atoms with Crippen molar-refractivity contribution in [1.29, 1.82) is 0 Å². The first-order valence-electron chi connectivity index (χ1n) is 46.8. The van der Waals surface area contributed by atoms with Crippen molar-refractivity contribution in [3.63, 3.8) is 0 Å². The second-order valence-electron chi connectivity index (χ2n) is 35.1. The minimum atomic E-state index is 0.979. The van der Waals surface area contributed by atoms with Gasteiger partial charge < -0.3 is 27.4 Å². The normalized spacial score (nSPS) is 13.3. The van der Waals surface area contributed by atoms with Crippen LogP contribution >= 0.6 is 0 Å². The summed E-state index contributed by atoms with van der Waals surface area (Å²) >= 11 is 0. The molecule has 3 aliphatic rings. The Balaban J connectivity index is 0.0000000897. The summed E-state index contributed by atoms with van der Waals surface area (Å²) < 4.78 is 15.0. The highest BCUT2D eigenvalue weighted by Gasteiger charge is 2.26. The molecule has 24 aromatic rings. The van der Waals surface area contributed by atoms with Crippen molar-refractivity contribution in [3.8, 4) is 0 Å². The van der Waals surface area contributed by atoms with Gasteiger partial charge in [-0.15, -0.1) is 0 Å². The van der Waals surface area contributed by atoms with Gasteiger partial charge in [-0.25, -0.2) is 0 Å². The summed E-state index contributed by atoms with van der Waals surface area (Å²) in [5.41, 5.74) is 22.0. The van der Waals surface area contributed by atoms with Crippen molar-refractivity contribution < 1.29 is 0 Å². The van der Waals surface area contributed by atoms with E-state index in [0.717, 1.165) is 39.3 Å². The van der Waals surface area contributed by atoms with Gasteiger partial charge in [0.05, 0.1) is 11.0 Å². The summed E-state index contributed by atoms with van der Waals surface area (Å²) in [5, 5.41) is 37.0. The van der Waals surface area contributed by atoms with Crippen LogP contribution in [0.15, 0.2) is 328 Å². The topological polar surface area (TPSA) is 29.6 Å². The zero-order valence-corrected chi connectivity index (χ0v) is 73.6. The van der Waals surface area contributed by atoms with Gasteiger partial charge in [0.2, 0.25) is 0 Å². The van der Waals surface area contributed by atoms with Gasteiger partial charge in [-0.05, 0) is 276 Å². The lowest BCUT2D eigenvalue weighted by molar-refractivity contribution is 0.630. The van der Waals surface area contributed by atoms with Crippen LogP contribution in [0.25, 0.3) is 195 Å². The van der Waals surface area contributed by atoms with Gasteiger partial charge >= 0.3 is 0 Å². The molecule has 618 valence electrons. The van der Waals surface area contributed by atoms with Crippen molar-refractivity contribution >= 4 is 195 Å². The average molecular weight is 1630 g/mol. The van der Waals surface area contributed by atoms with Crippen molar-refractivity contribution in [2.75, 3.05) is 0 Å². The van der Waals surface area contributed by atoms with Crippen LogP contribution in [0, 0.1) is 0 Å². The van der Waals surface area contributed by atoms with E-state index >= 15 is 0 Å². The van der Waals surface area contributed by atoms with E-state index in [1.165, 1.54) is 272 Å². The first-order chi connectivity index (χ1) is 62.3. The van der Waals surface area contributed by atoms with E-state index in [-0.39, 0.29) is 0 Å². The van der Waals surface area contributed by atoms with Crippen molar-refractivity contribution in [1.82, 2.24) is 27.4 Å². The number of aromatic nitrogens is 6. The van der Waals surface area contributed by atoms with E-state index < -0.39 is 0 Å². The lowest BCUT2D eigenvalue weighted by atomic mass is 9.93. The average Bonchev–Trinajstić information content (AvgIpc) is 1.58. The molecule has 0 amide bonds. The molecule has 6 nitrogen and oxygen atoms in total. The molecule has 0 atom stereocenters. The van der Waals surface area contributed by atoms with E-state index in [4.69, 9.17) is 0 Å². The molecule has 18 aromatic carbocycles. The van der Waals surface area contributed by atoms with Crippen LogP contribution in [-0.2, 0) is 77.8 Å². The molecule has 27 rings (SSSR count). The van der Waals surface area contributed by atoms with Crippen LogP contribution in [0.5, 0.6) is 0 Å². The fraction of sp³-hybridized carbons (Fsp3) is 0.200. The molecule has 0 spiro atoms. The van der Waals surface area contributed by atoms with E-state index in [1.807, 2.05) is 0 Å². The van der Waals surface area contributed by atoms with Gasteiger partial charge in [0.1, 0.15) is 0 Å². The maximum Gasteiger partial charge on any atom is 0.0571 e. The van der Waals surface area contributed by atoms with Gasteiger partial charge in [0.25, 0.3) is 0 Å².